The van der Waals surface area contributed by atoms with Gasteiger partial charge in [0.1, 0.15) is 11.5 Å². The van der Waals surface area contributed by atoms with Crippen molar-refractivity contribution >= 4 is 29.4 Å². The Bertz CT molecular complexity index is 985. The zero-order valence-corrected chi connectivity index (χ0v) is 13.9. The van der Waals surface area contributed by atoms with Gasteiger partial charge in [-0.25, -0.2) is 5.43 Å². The molecular formula is C17H11ClN4O4. The number of halogens is 1. The van der Waals surface area contributed by atoms with Crippen LogP contribution in [0.3, 0.4) is 0 Å². The van der Waals surface area contributed by atoms with Crippen molar-refractivity contribution in [3.63, 3.8) is 0 Å². The van der Waals surface area contributed by atoms with E-state index in [1.807, 2.05) is 0 Å². The Morgan fingerprint density at radius 2 is 2.15 bits per heavy atom. The SMILES string of the molecule is O=C(N/N=C\c1ccc(-c2cc([N+](=O)[O-])ccc2Cl)o1)c1cccnc1. The van der Waals surface area contributed by atoms with E-state index in [-0.39, 0.29) is 5.69 Å². The van der Waals surface area contributed by atoms with E-state index in [2.05, 4.69) is 15.5 Å². The van der Waals surface area contributed by atoms with Gasteiger partial charge in [-0.05, 0) is 30.3 Å². The third-order valence-electron chi connectivity index (χ3n) is 3.33. The smallest absolute Gasteiger partial charge is 0.272 e. The number of hydrogen-bond donors (Lipinski definition) is 1. The lowest BCUT2D eigenvalue weighted by Gasteiger charge is -2.00. The molecule has 0 saturated carbocycles. The summed E-state index contributed by atoms with van der Waals surface area (Å²) in [5.41, 5.74) is 3.01. The molecule has 0 aliphatic rings. The zero-order chi connectivity index (χ0) is 18.5. The Kier molecular flexibility index (Phi) is 5.04. The molecule has 0 unspecified atom stereocenters. The Balaban J connectivity index is 1.73. The van der Waals surface area contributed by atoms with Crippen molar-refractivity contribution in [2.45, 2.75) is 0 Å². The fourth-order valence-electron chi connectivity index (χ4n) is 2.10. The van der Waals surface area contributed by atoms with Gasteiger partial charge in [0.15, 0.2) is 0 Å². The van der Waals surface area contributed by atoms with Crippen LogP contribution in [0.5, 0.6) is 0 Å². The summed E-state index contributed by atoms with van der Waals surface area (Å²) in [6.07, 6.45) is 4.28. The van der Waals surface area contributed by atoms with Crippen molar-refractivity contribution in [1.82, 2.24) is 10.4 Å². The van der Waals surface area contributed by atoms with E-state index >= 15 is 0 Å². The number of carbonyl (C=O) groups excluding carboxylic acids is 1. The summed E-state index contributed by atoms with van der Waals surface area (Å²) < 4.78 is 5.55. The fraction of sp³-hybridized carbons (Fsp3) is 0. The quantitative estimate of drug-likeness (QED) is 0.418. The molecule has 3 aromatic rings. The van der Waals surface area contributed by atoms with Crippen LogP contribution in [0.1, 0.15) is 16.1 Å². The van der Waals surface area contributed by atoms with E-state index in [1.54, 1.807) is 30.5 Å². The minimum absolute atomic E-state index is 0.0975. The second-order valence-electron chi connectivity index (χ2n) is 5.06. The average molecular weight is 371 g/mol. The highest BCUT2D eigenvalue weighted by molar-refractivity contribution is 6.33. The molecule has 3 rings (SSSR count). The van der Waals surface area contributed by atoms with E-state index < -0.39 is 10.8 Å². The predicted molar refractivity (Wildman–Crippen MR) is 95.1 cm³/mol. The molecule has 0 fully saturated rings. The number of hydrogen-bond acceptors (Lipinski definition) is 6. The lowest BCUT2D eigenvalue weighted by atomic mass is 10.1. The summed E-state index contributed by atoms with van der Waals surface area (Å²) in [6.45, 7) is 0. The van der Waals surface area contributed by atoms with Gasteiger partial charge in [-0.15, -0.1) is 0 Å². The number of amides is 1. The number of nitrogens with one attached hydrogen (secondary N) is 1. The number of furan rings is 1. The largest absolute Gasteiger partial charge is 0.455 e. The molecule has 2 heterocycles. The van der Waals surface area contributed by atoms with Crippen LogP contribution < -0.4 is 5.43 Å². The Hall–Kier alpha value is -3.52. The number of carbonyl (C=O) groups is 1. The maximum atomic E-state index is 11.8. The lowest BCUT2D eigenvalue weighted by Crippen LogP contribution is -2.17. The van der Waals surface area contributed by atoms with E-state index in [1.165, 1.54) is 30.6 Å². The second kappa shape index (κ2) is 7.58. The number of rotatable bonds is 5. The third kappa shape index (κ3) is 3.93. The number of pyridine rings is 1. The Morgan fingerprint density at radius 1 is 1.31 bits per heavy atom. The van der Waals surface area contributed by atoms with Crippen LogP contribution in [0.25, 0.3) is 11.3 Å². The summed E-state index contributed by atoms with van der Waals surface area (Å²) in [4.78, 5) is 26.1. The fourth-order valence-corrected chi connectivity index (χ4v) is 2.31. The number of non-ortho nitro benzene ring substituents is 1. The molecule has 8 nitrogen and oxygen atoms in total. The van der Waals surface area contributed by atoms with Gasteiger partial charge in [0, 0.05) is 30.1 Å². The van der Waals surface area contributed by atoms with Gasteiger partial charge in [-0.2, -0.15) is 5.10 Å². The molecule has 0 atom stereocenters. The molecule has 0 saturated heterocycles. The van der Waals surface area contributed by atoms with Crippen molar-refractivity contribution in [3.05, 3.63) is 81.3 Å². The van der Waals surface area contributed by atoms with Crippen LogP contribution in [0.15, 0.2) is 64.4 Å². The van der Waals surface area contributed by atoms with Crippen molar-refractivity contribution in [2.75, 3.05) is 0 Å². The van der Waals surface area contributed by atoms with Crippen LogP contribution >= 0.6 is 11.6 Å². The van der Waals surface area contributed by atoms with Gasteiger partial charge in [-0.1, -0.05) is 11.6 Å². The minimum atomic E-state index is -0.515. The first-order chi connectivity index (χ1) is 12.5. The van der Waals surface area contributed by atoms with Gasteiger partial charge in [0.2, 0.25) is 0 Å². The lowest BCUT2D eigenvalue weighted by molar-refractivity contribution is -0.384. The summed E-state index contributed by atoms with van der Waals surface area (Å²) in [6, 6.07) is 10.5. The van der Waals surface area contributed by atoms with E-state index in [4.69, 9.17) is 16.0 Å². The molecule has 130 valence electrons. The molecule has 9 heteroatoms. The monoisotopic (exact) mass is 370 g/mol. The molecule has 0 spiro atoms. The highest BCUT2D eigenvalue weighted by atomic mass is 35.5. The summed E-state index contributed by atoms with van der Waals surface area (Å²) in [7, 11) is 0. The normalized spacial score (nSPS) is 10.8. The van der Waals surface area contributed by atoms with Crippen LogP contribution in [-0.4, -0.2) is 22.0 Å². The third-order valence-corrected chi connectivity index (χ3v) is 3.66. The van der Waals surface area contributed by atoms with Gasteiger partial charge in [0.05, 0.1) is 21.7 Å². The molecule has 0 aliphatic heterocycles. The molecule has 0 aliphatic carbocycles. The first kappa shape index (κ1) is 17.3. The first-order valence-corrected chi connectivity index (χ1v) is 7.70. The van der Waals surface area contributed by atoms with E-state index in [9.17, 15) is 14.9 Å². The topological polar surface area (TPSA) is 111 Å². The predicted octanol–water partition coefficient (Wildman–Crippen LogP) is 3.67. The number of nitro benzene ring substituents is 1. The second-order valence-corrected chi connectivity index (χ2v) is 5.47. The summed E-state index contributed by atoms with van der Waals surface area (Å²) in [5, 5.41) is 15.0. The molecule has 1 N–H and O–H groups in total. The van der Waals surface area contributed by atoms with Crippen molar-refractivity contribution in [3.8, 4) is 11.3 Å². The molecular weight excluding hydrogens is 360 g/mol. The van der Waals surface area contributed by atoms with Crippen LogP contribution in [-0.2, 0) is 0 Å². The van der Waals surface area contributed by atoms with Crippen LogP contribution in [0.2, 0.25) is 5.02 Å². The number of hydrazone groups is 1. The average Bonchev–Trinajstić information content (AvgIpc) is 3.11. The maximum Gasteiger partial charge on any atom is 0.272 e. The molecule has 2 aromatic heterocycles. The minimum Gasteiger partial charge on any atom is -0.455 e. The van der Waals surface area contributed by atoms with Gasteiger partial charge >= 0.3 is 0 Å². The van der Waals surface area contributed by atoms with Crippen LogP contribution in [0, 0.1) is 10.1 Å². The van der Waals surface area contributed by atoms with Crippen molar-refractivity contribution < 1.29 is 14.1 Å². The number of nitro groups is 1. The Morgan fingerprint density at radius 3 is 2.88 bits per heavy atom. The summed E-state index contributed by atoms with van der Waals surface area (Å²) >= 11 is 6.08. The number of nitrogens with zero attached hydrogens (tertiary/aromatic N) is 3. The molecule has 1 aromatic carbocycles. The number of benzene rings is 1. The van der Waals surface area contributed by atoms with Crippen molar-refractivity contribution in [2.24, 2.45) is 5.10 Å². The molecule has 26 heavy (non-hydrogen) atoms. The maximum absolute atomic E-state index is 11.8. The highest BCUT2D eigenvalue weighted by Crippen LogP contribution is 2.32. The molecule has 0 bridgehead atoms. The van der Waals surface area contributed by atoms with E-state index in [0.717, 1.165) is 0 Å². The first-order valence-electron chi connectivity index (χ1n) is 7.32. The summed E-state index contributed by atoms with van der Waals surface area (Å²) in [5.74, 6) is 0.274. The highest BCUT2D eigenvalue weighted by Gasteiger charge is 2.14. The molecule has 1 amide bonds. The van der Waals surface area contributed by atoms with Gasteiger partial charge in [0.25, 0.3) is 11.6 Å². The molecule has 0 radical (unpaired) electrons. The van der Waals surface area contributed by atoms with Crippen molar-refractivity contribution in [1.29, 1.82) is 0 Å². The van der Waals surface area contributed by atoms with Crippen LogP contribution in [0.4, 0.5) is 5.69 Å². The van der Waals surface area contributed by atoms with Gasteiger partial charge < -0.3 is 4.42 Å². The number of aromatic nitrogens is 1. The standard InChI is InChI=1S/C17H11ClN4O4/c18-15-5-3-12(22(24)25)8-14(15)16-6-4-13(26-16)10-20-21-17(23)11-2-1-7-19-9-11/h1-10H,(H,21,23)/b20-10-. The van der Waals surface area contributed by atoms with Gasteiger partial charge in [-0.3, -0.25) is 19.9 Å². The van der Waals surface area contributed by atoms with E-state index in [0.29, 0.717) is 27.7 Å². The zero-order valence-electron chi connectivity index (χ0n) is 13.1. The Labute approximate surface area is 152 Å².